The number of likely N-dealkylation sites (tertiary alicyclic amines) is 1. The van der Waals surface area contributed by atoms with Crippen LogP contribution in [0.1, 0.15) is 31.7 Å². The molecule has 6 heteroatoms. The third-order valence-corrected chi connectivity index (χ3v) is 5.15. The Bertz CT molecular complexity index is 593. The highest BCUT2D eigenvalue weighted by molar-refractivity contribution is 5.76. The number of ether oxygens (including phenoxy) is 1. The quantitative estimate of drug-likeness (QED) is 0.699. The highest BCUT2D eigenvalue weighted by Crippen LogP contribution is 2.36. The van der Waals surface area contributed by atoms with Crippen LogP contribution in [-0.2, 0) is 11.3 Å². The first-order valence-electron chi connectivity index (χ1n) is 9.38. The van der Waals surface area contributed by atoms with Crippen molar-refractivity contribution in [3.05, 3.63) is 29.8 Å². The van der Waals surface area contributed by atoms with E-state index in [1.165, 1.54) is 0 Å². The van der Waals surface area contributed by atoms with Crippen molar-refractivity contribution >= 4 is 5.97 Å². The summed E-state index contributed by atoms with van der Waals surface area (Å²) in [7, 11) is 4.01. The molecule has 146 valence electrons. The zero-order valence-corrected chi connectivity index (χ0v) is 16.1. The van der Waals surface area contributed by atoms with Crippen LogP contribution in [0.4, 0.5) is 0 Å². The van der Waals surface area contributed by atoms with Crippen molar-refractivity contribution in [1.82, 2.24) is 9.80 Å². The molecular formula is C20H32N2O4. The normalized spacial score (nSPS) is 24.0. The van der Waals surface area contributed by atoms with Crippen LogP contribution in [0.2, 0.25) is 0 Å². The fourth-order valence-electron chi connectivity index (χ4n) is 3.66. The molecule has 0 bridgehead atoms. The molecule has 1 fully saturated rings. The van der Waals surface area contributed by atoms with Crippen LogP contribution < -0.4 is 4.74 Å². The molecule has 0 radical (unpaired) electrons. The summed E-state index contributed by atoms with van der Waals surface area (Å²) in [6, 6.07) is 7.91. The SMILES string of the molecule is CCC[C@@]1(C(=O)O)CN(Cc2ccccc2OCCN(C)C)CC[C@H]1O. The Morgan fingerprint density at radius 3 is 2.77 bits per heavy atom. The summed E-state index contributed by atoms with van der Waals surface area (Å²) in [4.78, 5) is 16.1. The summed E-state index contributed by atoms with van der Waals surface area (Å²) < 4.78 is 5.92. The third-order valence-electron chi connectivity index (χ3n) is 5.15. The van der Waals surface area contributed by atoms with Crippen molar-refractivity contribution in [2.75, 3.05) is 40.3 Å². The maximum absolute atomic E-state index is 11.9. The smallest absolute Gasteiger partial charge is 0.313 e. The summed E-state index contributed by atoms with van der Waals surface area (Å²) in [6.07, 6.45) is 0.918. The number of likely N-dealkylation sites (N-methyl/N-ethyl adjacent to an activating group) is 1. The number of hydrogen-bond donors (Lipinski definition) is 2. The van der Waals surface area contributed by atoms with E-state index < -0.39 is 17.5 Å². The third kappa shape index (κ3) is 4.96. The second kappa shape index (κ2) is 9.35. The first-order chi connectivity index (χ1) is 12.4. The molecule has 1 aromatic carbocycles. The Labute approximate surface area is 156 Å². The second-order valence-electron chi connectivity index (χ2n) is 7.49. The van der Waals surface area contributed by atoms with Gasteiger partial charge >= 0.3 is 5.97 Å². The molecule has 1 aromatic rings. The van der Waals surface area contributed by atoms with E-state index in [1.54, 1.807) is 0 Å². The van der Waals surface area contributed by atoms with E-state index in [9.17, 15) is 15.0 Å². The molecule has 0 saturated carbocycles. The van der Waals surface area contributed by atoms with Crippen molar-refractivity contribution in [1.29, 1.82) is 0 Å². The summed E-state index contributed by atoms with van der Waals surface area (Å²) in [5, 5.41) is 20.2. The molecule has 1 heterocycles. The predicted octanol–water partition coefficient (Wildman–Crippen LogP) is 2.06. The molecule has 1 aliphatic heterocycles. The van der Waals surface area contributed by atoms with E-state index in [0.29, 0.717) is 39.1 Å². The largest absolute Gasteiger partial charge is 0.492 e. The van der Waals surface area contributed by atoms with Gasteiger partial charge in [0, 0.05) is 31.7 Å². The maximum Gasteiger partial charge on any atom is 0.313 e. The first kappa shape index (κ1) is 20.7. The summed E-state index contributed by atoms with van der Waals surface area (Å²) in [6.45, 7) is 5.09. The maximum atomic E-state index is 11.9. The zero-order chi connectivity index (χ0) is 19.2. The van der Waals surface area contributed by atoms with Gasteiger partial charge in [0.05, 0.1) is 6.10 Å². The molecule has 0 unspecified atom stereocenters. The van der Waals surface area contributed by atoms with Gasteiger partial charge in [0.1, 0.15) is 17.8 Å². The van der Waals surface area contributed by atoms with E-state index in [2.05, 4.69) is 9.80 Å². The number of carboxylic acid groups (broad SMARTS) is 1. The molecule has 0 aromatic heterocycles. The van der Waals surface area contributed by atoms with E-state index in [1.807, 2.05) is 45.3 Å². The van der Waals surface area contributed by atoms with Gasteiger partial charge in [-0.3, -0.25) is 9.69 Å². The van der Waals surface area contributed by atoms with Gasteiger partial charge in [-0.1, -0.05) is 31.5 Å². The second-order valence-corrected chi connectivity index (χ2v) is 7.49. The first-order valence-corrected chi connectivity index (χ1v) is 9.38. The molecule has 26 heavy (non-hydrogen) atoms. The summed E-state index contributed by atoms with van der Waals surface area (Å²) >= 11 is 0. The number of hydrogen-bond acceptors (Lipinski definition) is 5. The van der Waals surface area contributed by atoms with E-state index in [4.69, 9.17) is 4.74 Å². The number of piperidine rings is 1. The minimum absolute atomic E-state index is 0.364. The fourth-order valence-corrected chi connectivity index (χ4v) is 3.66. The molecule has 2 atom stereocenters. The molecule has 0 spiro atoms. The van der Waals surface area contributed by atoms with E-state index in [0.717, 1.165) is 24.3 Å². The van der Waals surface area contributed by atoms with Gasteiger partial charge in [-0.25, -0.2) is 0 Å². The number of aliphatic hydroxyl groups excluding tert-OH is 1. The minimum atomic E-state index is -1.08. The average molecular weight is 364 g/mol. The van der Waals surface area contributed by atoms with E-state index >= 15 is 0 Å². The van der Waals surface area contributed by atoms with Gasteiger partial charge in [0.25, 0.3) is 0 Å². The van der Waals surface area contributed by atoms with Crippen LogP contribution in [0, 0.1) is 5.41 Å². The molecule has 1 saturated heterocycles. The van der Waals surface area contributed by atoms with Crippen LogP contribution in [0.3, 0.4) is 0 Å². The van der Waals surface area contributed by atoms with Crippen LogP contribution in [0.25, 0.3) is 0 Å². The number of carbonyl (C=O) groups is 1. The van der Waals surface area contributed by atoms with Gasteiger partial charge < -0.3 is 19.8 Å². The van der Waals surface area contributed by atoms with E-state index in [-0.39, 0.29) is 0 Å². The van der Waals surface area contributed by atoms with Gasteiger partial charge in [0.2, 0.25) is 0 Å². The lowest BCUT2D eigenvalue weighted by molar-refractivity contribution is -0.164. The molecular weight excluding hydrogens is 332 g/mol. The van der Waals surface area contributed by atoms with Gasteiger partial charge in [-0.2, -0.15) is 0 Å². The summed E-state index contributed by atoms with van der Waals surface area (Å²) in [5.74, 6) is -0.0519. The molecule has 0 amide bonds. The van der Waals surface area contributed by atoms with Gasteiger partial charge in [-0.15, -0.1) is 0 Å². The predicted molar refractivity (Wildman–Crippen MR) is 101 cm³/mol. The number of aliphatic hydroxyl groups is 1. The molecule has 0 aliphatic carbocycles. The van der Waals surface area contributed by atoms with Crippen molar-refractivity contribution in [3.63, 3.8) is 0 Å². The zero-order valence-electron chi connectivity index (χ0n) is 16.1. The highest BCUT2D eigenvalue weighted by atomic mass is 16.5. The molecule has 6 nitrogen and oxygen atoms in total. The number of para-hydroxylation sites is 1. The topological polar surface area (TPSA) is 73.2 Å². The lowest BCUT2D eigenvalue weighted by Gasteiger charge is -2.43. The van der Waals surface area contributed by atoms with Crippen LogP contribution >= 0.6 is 0 Å². The Morgan fingerprint density at radius 2 is 2.12 bits per heavy atom. The highest BCUT2D eigenvalue weighted by Gasteiger charge is 2.48. The number of benzene rings is 1. The lowest BCUT2D eigenvalue weighted by Crippen LogP contribution is -2.55. The van der Waals surface area contributed by atoms with Gasteiger partial charge in [-0.05, 0) is 33.0 Å². The monoisotopic (exact) mass is 364 g/mol. The number of carboxylic acids is 1. The Kier molecular flexibility index (Phi) is 7.43. The lowest BCUT2D eigenvalue weighted by atomic mass is 9.74. The van der Waals surface area contributed by atoms with Crippen molar-refractivity contribution in [2.24, 2.45) is 5.41 Å². The number of nitrogens with zero attached hydrogens (tertiary/aromatic N) is 2. The van der Waals surface area contributed by atoms with Crippen molar-refractivity contribution < 1.29 is 19.7 Å². The number of aliphatic carboxylic acids is 1. The fraction of sp³-hybridized carbons (Fsp3) is 0.650. The standard InChI is InChI=1S/C20H32N2O4/c1-4-10-20(19(24)25)15-22(11-9-18(20)23)14-16-7-5-6-8-17(16)26-13-12-21(2)3/h5-8,18,23H,4,9-15H2,1-3H3,(H,24,25)/t18-,20-/m1/s1. The molecule has 2 rings (SSSR count). The van der Waals surface area contributed by atoms with Crippen LogP contribution in [-0.4, -0.2) is 72.4 Å². The van der Waals surface area contributed by atoms with Crippen LogP contribution in [0.5, 0.6) is 5.75 Å². The molecule has 2 N–H and O–H groups in total. The Hall–Kier alpha value is -1.63. The average Bonchev–Trinajstić information content (AvgIpc) is 2.59. The van der Waals surface area contributed by atoms with Crippen molar-refractivity contribution in [3.8, 4) is 5.75 Å². The minimum Gasteiger partial charge on any atom is -0.492 e. The Balaban J connectivity index is 2.09. The van der Waals surface area contributed by atoms with Gasteiger partial charge in [0.15, 0.2) is 0 Å². The molecule has 1 aliphatic rings. The Morgan fingerprint density at radius 1 is 1.38 bits per heavy atom. The number of rotatable bonds is 9. The summed E-state index contributed by atoms with van der Waals surface area (Å²) in [5.41, 5.74) is -0.0216. The van der Waals surface area contributed by atoms with Crippen molar-refractivity contribution in [2.45, 2.75) is 38.8 Å². The van der Waals surface area contributed by atoms with Crippen LogP contribution in [0.15, 0.2) is 24.3 Å².